The molecule has 1 aliphatic rings. The molecule has 1 aliphatic carbocycles. The first-order valence-corrected chi connectivity index (χ1v) is 7.13. The first kappa shape index (κ1) is 14.0. The number of anilines is 1. The molecule has 0 spiro atoms. The molecule has 4 nitrogen and oxygen atoms in total. The Hall–Kier alpha value is -1.37. The van der Waals surface area contributed by atoms with Gasteiger partial charge in [-0.3, -0.25) is 4.79 Å². The van der Waals surface area contributed by atoms with Crippen molar-refractivity contribution < 1.29 is 14.7 Å². The Kier molecular flexibility index (Phi) is 4.57. The molecule has 0 fully saturated rings. The lowest BCUT2D eigenvalue weighted by Gasteiger charge is -2.11. The standard InChI is InChI=1S/C14H14INO3/c15-10-5-6-12(11(8-10)14(18)19)16-13(17)7-9-3-1-2-4-9/h1,3,5-6,8-9H,2,4,7H2,(H,16,17)(H,18,19). The van der Waals surface area contributed by atoms with Gasteiger partial charge in [0.25, 0.3) is 0 Å². The molecule has 2 rings (SSSR count). The van der Waals surface area contributed by atoms with Gasteiger partial charge in [0.15, 0.2) is 0 Å². The number of amides is 1. The SMILES string of the molecule is O=C(CC1C=CCC1)Nc1ccc(I)cc1C(=O)O. The minimum atomic E-state index is -1.03. The van der Waals surface area contributed by atoms with E-state index in [2.05, 4.69) is 11.4 Å². The molecule has 0 saturated heterocycles. The number of rotatable bonds is 4. The number of hydrogen-bond donors (Lipinski definition) is 2. The van der Waals surface area contributed by atoms with Crippen molar-refractivity contribution in [2.24, 2.45) is 5.92 Å². The Morgan fingerprint density at radius 2 is 2.21 bits per heavy atom. The van der Waals surface area contributed by atoms with Crippen LogP contribution in [0.15, 0.2) is 30.4 Å². The van der Waals surface area contributed by atoms with Crippen molar-refractivity contribution in [1.82, 2.24) is 0 Å². The van der Waals surface area contributed by atoms with E-state index >= 15 is 0 Å². The Labute approximate surface area is 125 Å². The topological polar surface area (TPSA) is 66.4 Å². The van der Waals surface area contributed by atoms with Crippen LogP contribution in [0.1, 0.15) is 29.6 Å². The fraction of sp³-hybridized carbons (Fsp3) is 0.286. The first-order chi connectivity index (χ1) is 9.06. The maximum atomic E-state index is 11.9. The van der Waals surface area contributed by atoms with Crippen LogP contribution < -0.4 is 5.32 Å². The van der Waals surface area contributed by atoms with Crippen molar-refractivity contribution in [2.45, 2.75) is 19.3 Å². The fourth-order valence-corrected chi connectivity index (χ4v) is 2.60. The Balaban J connectivity index is 2.07. The molecule has 0 heterocycles. The van der Waals surface area contributed by atoms with Crippen LogP contribution in [0.3, 0.4) is 0 Å². The highest BCUT2D eigenvalue weighted by atomic mass is 127. The van der Waals surface area contributed by atoms with Gasteiger partial charge in [-0.1, -0.05) is 12.2 Å². The van der Waals surface area contributed by atoms with Crippen LogP contribution in [-0.4, -0.2) is 17.0 Å². The third-order valence-corrected chi connectivity index (χ3v) is 3.72. The number of carboxylic acids is 1. The van der Waals surface area contributed by atoms with Gasteiger partial charge in [0.05, 0.1) is 11.3 Å². The number of halogens is 1. The monoisotopic (exact) mass is 371 g/mol. The van der Waals surface area contributed by atoms with E-state index in [1.165, 1.54) is 0 Å². The minimum absolute atomic E-state index is 0.127. The molecule has 19 heavy (non-hydrogen) atoms. The lowest BCUT2D eigenvalue weighted by molar-refractivity contribution is -0.116. The van der Waals surface area contributed by atoms with Gasteiger partial charge >= 0.3 is 5.97 Å². The highest BCUT2D eigenvalue weighted by Crippen LogP contribution is 2.23. The molecule has 0 bridgehead atoms. The number of carbonyl (C=O) groups excluding carboxylic acids is 1. The van der Waals surface area contributed by atoms with Crippen molar-refractivity contribution in [3.63, 3.8) is 0 Å². The van der Waals surface area contributed by atoms with Crippen molar-refractivity contribution in [3.8, 4) is 0 Å². The molecular formula is C14H14INO3. The Morgan fingerprint density at radius 3 is 2.84 bits per heavy atom. The summed E-state index contributed by atoms with van der Waals surface area (Å²) >= 11 is 2.04. The van der Waals surface area contributed by atoms with Crippen molar-refractivity contribution in [3.05, 3.63) is 39.5 Å². The molecule has 5 heteroatoms. The molecule has 1 aromatic carbocycles. The zero-order valence-corrected chi connectivity index (χ0v) is 12.4. The number of carboxylic acid groups (broad SMARTS) is 1. The van der Waals surface area contributed by atoms with Crippen LogP contribution in [0.5, 0.6) is 0 Å². The lowest BCUT2D eigenvalue weighted by Crippen LogP contribution is -2.17. The second-order valence-corrected chi connectivity index (χ2v) is 5.76. The zero-order valence-electron chi connectivity index (χ0n) is 10.2. The van der Waals surface area contributed by atoms with Gasteiger partial charge in [0, 0.05) is 9.99 Å². The second kappa shape index (κ2) is 6.18. The summed E-state index contributed by atoms with van der Waals surface area (Å²) in [6.45, 7) is 0. The molecule has 100 valence electrons. The van der Waals surface area contributed by atoms with Crippen molar-refractivity contribution in [1.29, 1.82) is 0 Å². The third kappa shape index (κ3) is 3.79. The summed E-state index contributed by atoms with van der Waals surface area (Å²) in [5.74, 6) is -0.896. The van der Waals surface area contributed by atoms with Crippen LogP contribution in [-0.2, 0) is 4.79 Å². The Morgan fingerprint density at radius 1 is 1.42 bits per heavy atom. The summed E-state index contributed by atoms with van der Waals surface area (Å²) in [5, 5.41) is 11.8. The zero-order chi connectivity index (χ0) is 13.8. The van der Waals surface area contributed by atoms with E-state index in [0.29, 0.717) is 12.1 Å². The smallest absolute Gasteiger partial charge is 0.337 e. The van der Waals surface area contributed by atoms with Gasteiger partial charge in [0.1, 0.15) is 0 Å². The summed E-state index contributed by atoms with van der Waals surface area (Å²) in [7, 11) is 0. The van der Waals surface area contributed by atoms with E-state index < -0.39 is 5.97 Å². The highest BCUT2D eigenvalue weighted by Gasteiger charge is 2.17. The molecule has 0 saturated carbocycles. The predicted octanol–water partition coefficient (Wildman–Crippen LogP) is 3.28. The maximum absolute atomic E-state index is 11.9. The number of allylic oxidation sites excluding steroid dienone is 2. The average molecular weight is 371 g/mol. The quantitative estimate of drug-likeness (QED) is 0.631. The van der Waals surface area contributed by atoms with E-state index in [1.807, 2.05) is 28.7 Å². The van der Waals surface area contributed by atoms with Gasteiger partial charge in [0.2, 0.25) is 5.91 Å². The molecule has 1 atom stereocenters. The van der Waals surface area contributed by atoms with E-state index in [9.17, 15) is 9.59 Å². The number of nitrogens with one attached hydrogen (secondary N) is 1. The lowest BCUT2D eigenvalue weighted by atomic mass is 10.0. The number of hydrogen-bond acceptors (Lipinski definition) is 2. The molecular weight excluding hydrogens is 357 g/mol. The van der Waals surface area contributed by atoms with Crippen LogP contribution in [0.2, 0.25) is 0 Å². The van der Waals surface area contributed by atoms with Crippen molar-refractivity contribution in [2.75, 3.05) is 5.32 Å². The molecule has 1 aromatic rings. The first-order valence-electron chi connectivity index (χ1n) is 6.05. The van der Waals surface area contributed by atoms with Gasteiger partial charge < -0.3 is 10.4 Å². The number of benzene rings is 1. The normalized spacial score (nSPS) is 17.4. The number of aromatic carboxylic acids is 1. The van der Waals surface area contributed by atoms with Gasteiger partial charge in [-0.25, -0.2) is 4.79 Å². The largest absolute Gasteiger partial charge is 0.478 e. The third-order valence-electron chi connectivity index (χ3n) is 3.05. The fourth-order valence-electron chi connectivity index (χ4n) is 2.11. The van der Waals surface area contributed by atoms with E-state index in [1.54, 1.807) is 18.2 Å². The van der Waals surface area contributed by atoms with Crippen LogP contribution in [0, 0.1) is 9.49 Å². The summed E-state index contributed by atoms with van der Waals surface area (Å²) in [4.78, 5) is 23.0. The number of carbonyl (C=O) groups is 2. The molecule has 2 N–H and O–H groups in total. The van der Waals surface area contributed by atoms with Crippen LogP contribution in [0.25, 0.3) is 0 Å². The average Bonchev–Trinajstić information content (AvgIpc) is 2.83. The van der Waals surface area contributed by atoms with Gasteiger partial charge in [-0.05, 0) is 59.5 Å². The van der Waals surface area contributed by atoms with Crippen LogP contribution in [0.4, 0.5) is 5.69 Å². The summed E-state index contributed by atoms with van der Waals surface area (Å²) < 4.78 is 0.826. The van der Waals surface area contributed by atoms with E-state index in [-0.39, 0.29) is 17.4 Å². The summed E-state index contributed by atoms with van der Waals surface area (Å²) in [5.41, 5.74) is 0.488. The van der Waals surface area contributed by atoms with Crippen molar-refractivity contribution >= 4 is 40.2 Å². The predicted molar refractivity (Wildman–Crippen MR) is 81.2 cm³/mol. The van der Waals surface area contributed by atoms with Gasteiger partial charge in [-0.2, -0.15) is 0 Å². The molecule has 0 aromatic heterocycles. The second-order valence-electron chi connectivity index (χ2n) is 4.51. The maximum Gasteiger partial charge on any atom is 0.337 e. The highest BCUT2D eigenvalue weighted by molar-refractivity contribution is 14.1. The Bertz CT molecular complexity index is 539. The molecule has 1 unspecified atom stereocenters. The summed E-state index contributed by atoms with van der Waals surface area (Å²) in [6.07, 6.45) is 6.53. The molecule has 1 amide bonds. The van der Waals surface area contributed by atoms with E-state index in [0.717, 1.165) is 16.4 Å². The van der Waals surface area contributed by atoms with E-state index in [4.69, 9.17) is 5.11 Å². The van der Waals surface area contributed by atoms with Gasteiger partial charge in [-0.15, -0.1) is 0 Å². The minimum Gasteiger partial charge on any atom is -0.478 e. The van der Waals surface area contributed by atoms with Crippen LogP contribution >= 0.6 is 22.6 Å². The summed E-state index contributed by atoms with van der Waals surface area (Å²) in [6, 6.07) is 4.96. The molecule has 0 radical (unpaired) electrons. The molecule has 0 aliphatic heterocycles.